The zero-order chi connectivity index (χ0) is 12.8. The van der Waals surface area contributed by atoms with Crippen LogP contribution in [-0.2, 0) is 9.84 Å². The first kappa shape index (κ1) is 12.6. The molecule has 0 aliphatic rings. The molecule has 0 bridgehead atoms. The molecule has 92 valence electrons. The van der Waals surface area contributed by atoms with Crippen LogP contribution in [0.3, 0.4) is 0 Å². The molecule has 7 heteroatoms. The van der Waals surface area contributed by atoms with E-state index in [0.29, 0.717) is 11.0 Å². The van der Waals surface area contributed by atoms with E-state index in [0.717, 1.165) is 3.57 Å². The number of nitrogens with zero attached hydrogens (tertiary/aromatic N) is 1. The molecule has 1 aromatic carbocycles. The van der Waals surface area contributed by atoms with Gasteiger partial charge in [-0.05, 0) is 48.6 Å². The Kier molecular flexibility index (Phi) is 3.06. The van der Waals surface area contributed by atoms with Crippen LogP contribution in [0.15, 0.2) is 17.0 Å². The van der Waals surface area contributed by atoms with Gasteiger partial charge in [0.25, 0.3) is 0 Å². The zero-order valence-corrected chi connectivity index (χ0v) is 12.3. The van der Waals surface area contributed by atoms with E-state index in [-0.39, 0.29) is 10.8 Å². The number of anilines is 1. The summed E-state index contributed by atoms with van der Waals surface area (Å²) in [4.78, 5) is 7.13. The van der Waals surface area contributed by atoms with Gasteiger partial charge >= 0.3 is 0 Å². The molecular formula is C10H12IN3O2S. The summed E-state index contributed by atoms with van der Waals surface area (Å²) >= 11 is 2.07. The van der Waals surface area contributed by atoms with Crippen LogP contribution in [0, 0.1) is 3.57 Å². The van der Waals surface area contributed by atoms with Gasteiger partial charge in [0, 0.05) is 3.57 Å². The summed E-state index contributed by atoms with van der Waals surface area (Å²) < 4.78 is 25.3. The highest BCUT2D eigenvalue weighted by Crippen LogP contribution is 2.27. The first-order chi connectivity index (χ1) is 7.82. The van der Waals surface area contributed by atoms with Crippen molar-refractivity contribution in [2.45, 2.75) is 24.0 Å². The number of nitrogens with two attached hydrogens (primary N) is 1. The topological polar surface area (TPSA) is 88.8 Å². The van der Waals surface area contributed by atoms with Crippen LogP contribution in [0.1, 0.15) is 13.8 Å². The van der Waals surface area contributed by atoms with Gasteiger partial charge in [-0.1, -0.05) is 0 Å². The Hall–Kier alpha value is -0.830. The second-order valence-electron chi connectivity index (χ2n) is 4.02. The number of halogens is 1. The molecule has 0 amide bonds. The number of fused-ring (bicyclic) bond motifs is 1. The number of hydrogen-bond donors (Lipinski definition) is 2. The maximum absolute atomic E-state index is 12.2. The largest absolute Gasteiger partial charge is 0.369 e. The number of benzene rings is 1. The molecule has 3 N–H and O–H groups in total. The van der Waals surface area contributed by atoms with Gasteiger partial charge in [-0.25, -0.2) is 13.4 Å². The van der Waals surface area contributed by atoms with Crippen molar-refractivity contribution in [3.8, 4) is 0 Å². The van der Waals surface area contributed by atoms with Crippen molar-refractivity contribution in [1.29, 1.82) is 0 Å². The van der Waals surface area contributed by atoms with E-state index < -0.39 is 15.1 Å². The third-order valence-corrected chi connectivity index (χ3v) is 5.25. The summed E-state index contributed by atoms with van der Waals surface area (Å²) in [5, 5.41) is -0.484. The second kappa shape index (κ2) is 4.13. The van der Waals surface area contributed by atoms with Gasteiger partial charge in [-0.2, -0.15) is 0 Å². The average Bonchev–Trinajstić information content (AvgIpc) is 2.56. The minimum atomic E-state index is -3.36. The molecule has 0 aliphatic heterocycles. The second-order valence-corrected chi connectivity index (χ2v) is 7.73. The van der Waals surface area contributed by atoms with E-state index >= 15 is 0 Å². The maximum atomic E-state index is 12.2. The first-order valence-corrected chi connectivity index (χ1v) is 7.63. The van der Waals surface area contributed by atoms with Gasteiger partial charge in [-0.3, -0.25) is 0 Å². The molecule has 17 heavy (non-hydrogen) atoms. The molecule has 2 aromatic rings. The third kappa shape index (κ3) is 2.13. The first-order valence-electron chi connectivity index (χ1n) is 5.01. The molecule has 1 aromatic heterocycles. The number of nitrogen functional groups attached to an aromatic ring is 1. The summed E-state index contributed by atoms with van der Waals surface area (Å²) in [6.45, 7) is 3.30. The van der Waals surface area contributed by atoms with Crippen LogP contribution in [-0.4, -0.2) is 23.6 Å². The molecule has 1 heterocycles. The number of H-pyrrole nitrogens is 1. The van der Waals surface area contributed by atoms with E-state index in [4.69, 9.17) is 5.73 Å². The number of aromatic nitrogens is 2. The highest BCUT2D eigenvalue weighted by molar-refractivity contribution is 14.1. The summed E-state index contributed by atoms with van der Waals surface area (Å²) in [7, 11) is -3.36. The fourth-order valence-corrected chi connectivity index (χ4v) is 3.60. The Bertz CT molecular complexity index is 676. The molecule has 0 atom stereocenters. The molecule has 0 radical (unpaired) electrons. The predicted octanol–water partition coefficient (Wildman–Crippen LogP) is 1.93. The van der Waals surface area contributed by atoms with E-state index in [1.165, 1.54) is 0 Å². The van der Waals surface area contributed by atoms with Crippen molar-refractivity contribution >= 4 is 49.4 Å². The normalized spacial score (nSPS) is 12.5. The lowest BCUT2D eigenvalue weighted by atomic mass is 10.3. The number of sulfone groups is 1. The molecule has 5 nitrogen and oxygen atoms in total. The fourth-order valence-electron chi connectivity index (χ4n) is 1.54. The number of imidazole rings is 1. The molecule has 0 spiro atoms. The van der Waals surface area contributed by atoms with E-state index in [2.05, 4.69) is 32.6 Å². The molecular weight excluding hydrogens is 353 g/mol. The maximum Gasteiger partial charge on any atom is 0.198 e. The Morgan fingerprint density at radius 2 is 2.06 bits per heavy atom. The Morgan fingerprint density at radius 3 is 2.65 bits per heavy atom. The van der Waals surface area contributed by atoms with Crippen LogP contribution in [0.5, 0.6) is 0 Å². The zero-order valence-electron chi connectivity index (χ0n) is 9.36. The quantitative estimate of drug-likeness (QED) is 0.796. The van der Waals surface area contributed by atoms with E-state index in [1.807, 2.05) is 6.07 Å². The van der Waals surface area contributed by atoms with Gasteiger partial charge < -0.3 is 10.7 Å². The highest BCUT2D eigenvalue weighted by Gasteiger charge is 2.24. The number of aromatic amines is 1. The van der Waals surface area contributed by atoms with Crippen molar-refractivity contribution in [1.82, 2.24) is 9.97 Å². The van der Waals surface area contributed by atoms with Gasteiger partial charge in [-0.15, -0.1) is 0 Å². The Balaban J connectivity index is 2.85. The van der Waals surface area contributed by atoms with Gasteiger partial charge in [0.15, 0.2) is 15.8 Å². The van der Waals surface area contributed by atoms with Crippen molar-refractivity contribution in [2.24, 2.45) is 0 Å². The lowest BCUT2D eigenvalue weighted by Gasteiger charge is -2.08. The van der Waals surface area contributed by atoms with Crippen molar-refractivity contribution in [3.05, 3.63) is 15.7 Å². The molecule has 0 aliphatic carbocycles. The fraction of sp³-hybridized carbons (Fsp3) is 0.300. The summed E-state index contributed by atoms with van der Waals surface area (Å²) in [5.74, 6) is 0.224. The Morgan fingerprint density at radius 1 is 1.41 bits per heavy atom. The van der Waals surface area contributed by atoms with Gasteiger partial charge in [0.1, 0.15) is 5.52 Å². The summed E-state index contributed by atoms with van der Waals surface area (Å²) in [6.07, 6.45) is 0. The molecule has 0 unspecified atom stereocenters. The lowest BCUT2D eigenvalue weighted by Crippen LogP contribution is -2.14. The number of rotatable bonds is 2. The van der Waals surface area contributed by atoms with Crippen LogP contribution in [0.4, 0.5) is 5.95 Å². The van der Waals surface area contributed by atoms with Crippen LogP contribution in [0.2, 0.25) is 0 Å². The van der Waals surface area contributed by atoms with Crippen molar-refractivity contribution < 1.29 is 8.42 Å². The number of nitrogens with one attached hydrogen (secondary N) is 1. The lowest BCUT2D eigenvalue weighted by molar-refractivity contribution is 0.588. The number of hydrogen-bond acceptors (Lipinski definition) is 4. The molecule has 2 rings (SSSR count). The van der Waals surface area contributed by atoms with E-state index in [1.54, 1.807) is 19.9 Å². The van der Waals surface area contributed by atoms with Crippen molar-refractivity contribution in [2.75, 3.05) is 5.73 Å². The smallest absolute Gasteiger partial charge is 0.198 e. The molecule has 0 fully saturated rings. The standard InChI is InChI=1S/C10H12IN3O2S/c1-5(2)17(15,16)8-4-6(11)3-7-9(8)14-10(12)13-7/h3-5H,1-2H3,(H3,12,13,14). The third-order valence-electron chi connectivity index (χ3n) is 2.46. The van der Waals surface area contributed by atoms with E-state index in [9.17, 15) is 8.42 Å². The highest BCUT2D eigenvalue weighted by atomic mass is 127. The molecule has 0 saturated heterocycles. The van der Waals surface area contributed by atoms with Gasteiger partial charge in [0.2, 0.25) is 0 Å². The van der Waals surface area contributed by atoms with Crippen LogP contribution < -0.4 is 5.73 Å². The SMILES string of the molecule is CC(C)S(=O)(=O)c1cc(I)cc2[nH]c(N)nc12. The van der Waals surface area contributed by atoms with Crippen LogP contribution in [0.25, 0.3) is 11.0 Å². The summed E-state index contributed by atoms with van der Waals surface area (Å²) in [5.41, 5.74) is 6.63. The Labute approximate surface area is 113 Å². The predicted molar refractivity (Wildman–Crippen MR) is 75.5 cm³/mol. The summed E-state index contributed by atoms with van der Waals surface area (Å²) in [6, 6.07) is 3.44. The molecule has 0 saturated carbocycles. The monoisotopic (exact) mass is 365 g/mol. The minimum Gasteiger partial charge on any atom is -0.369 e. The average molecular weight is 365 g/mol. The van der Waals surface area contributed by atoms with Crippen LogP contribution >= 0.6 is 22.6 Å². The minimum absolute atomic E-state index is 0.224. The van der Waals surface area contributed by atoms with Gasteiger partial charge in [0.05, 0.1) is 15.7 Å². The van der Waals surface area contributed by atoms with Crippen molar-refractivity contribution in [3.63, 3.8) is 0 Å².